The van der Waals surface area contributed by atoms with E-state index >= 15 is 0 Å². The highest BCUT2D eigenvalue weighted by Gasteiger charge is 2.30. The number of amides is 2. The van der Waals surface area contributed by atoms with Gasteiger partial charge in [-0.05, 0) is 31.0 Å². The molecule has 0 radical (unpaired) electrons. The molecule has 0 aliphatic heterocycles. The fourth-order valence-electron chi connectivity index (χ4n) is 1.98. The minimum absolute atomic E-state index is 0.0209. The van der Waals surface area contributed by atoms with Gasteiger partial charge < -0.3 is 15.8 Å². The quantitative estimate of drug-likeness (QED) is 0.536. The maximum absolute atomic E-state index is 12.5. The number of carbonyl (C=O) groups is 3. The highest BCUT2D eigenvalue weighted by Crippen LogP contribution is 2.29. The molecule has 0 saturated heterocycles. The fourth-order valence-corrected chi connectivity index (χ4v) is 1.98. The number of nitrogens with one attached hydrogen (secondary N) is 1. The van der Waals surface area contributed by atoms with E-state index in [0.29, 0.717) is 5.56 Å². The number of esters is 1. The zero-order valence-corrected chi connectivity index (χ0v) is 14.0. The van der Waals surface area contributed by atoms with E-state index < -0.39 is 35.6 Å². The largest absolute Gasteiger partial charge is 0.463 e. The molecule has 0 heterocycles. The van der Waals surface area contributed by atoms with Crippen LogP contribution in [0.25, 0.3) is 0 Å². The lowest BCUT2D eigenvalue weighted by Crippen LogP contribution is -2.44. The third kappa shape index (κ3) is 7.37. The maximum atomic E-state index is 12.5. The Morgan fingerprint density at radius 2 is 1.85 bits per heavy atom. The van der Waals surface area contributed by atoms with Gasteiger partial charge in [0.1, 0.15) is 6.04 Å². The first-order valence-electron chi connectivity index (χ1n) is 7.71. The van der Waals surface area contributed by atoms with Crippen molar-refractivity contribution in [1.82, 2.24) is 5.32 Å². The van der Waals surface area contributed by atoms with Crippen LogP contribution in [0.2, 0.25) is 0 Å². The van der Waals surface area contributed by atoms with Crippen LogP contribution in [-0.4, -0.2) is 30.4 Å². The molecule has 0 unspecified atom stereocenters. The summed E-state index contributed by atoms with van der Waals surface area (Å²) in [7, 11) is 0. The van der Waals surface area contributed by atoms with E-state index in [1.807, 2.05) is 0 Å². The standard InChI is InChI=1S/C17H19F3N2O4/c1-2-26-15(24)5-3-4-13(16(21)25)22-14(23)10-11-6-8-12(9-7-11)17(18,19)20/h3,5-9,13H,2,4,10H2,1H3,(H2,21,25)(H,22,23)/b5-3+/t13-/m0/s1. The second-order valence-electron chi connectivity index (χ2n) is 5.28. The number of ether oxygens (including phenoxy) is 1. The van der Waals surface area contributed by atoms with Gasteiger partial charge in [-0.3, -0.25) is 9.59 Å². The molecule has 0 aromatic heterocycles. The first kappa shape index (κ1) is 21.2. The van der Waals surface area contributed by atoms with Crippen molar-refractivity contribution < 1.29 is 32.3 Å². The molecule has 2 amide bonds. The summed E-state index contributed by atoms with van der Waals surface area (Å²) in [5.74, 6) is -1.98. The van der Waals surface area contributed by atoms with E-state index in [-0.39, 0.29) is 19.4 Å². The van der Waals surface area contributed by atoms with Gasteiger partial charge in [0.15, 0.2) is 0 Å². The van der Waals surface area contributed by atoms with Crippen LogP contribution in [0.5, 0.6) is 0 Å². The van der Waals surface area contributed by atoms with Crippen LogP contribution in [0.4, 0.5) is 13.2 Å². The van der Waals surface area contributed by atoms with E-state index in [0.717, 1.165) is 18.2 Å². The van der Waals surface area contributed by atoms with Crippen LogP contribution in [-0.2, 0) is 31.7 Å². The average Bonchev–Trinajstić information content (AvgIpc) is 2.53. The van der Waals surface area contributed by atoms with Gasteiger partial charge in [-0.1, -0.05) is 18.2 Å². The first-order chi connectivity index (χ1) is 12.1. The van der Waals surface area contributed by atoms with Crippen molar-refractivity contribution in [3.63, 3.8) is 0 Å². The molecule has 3 N–H and O–H groups in total. The van der Waals surface area contributed by atoms with E-state index in [9.17, 15) is 27.6 Å². The lowest BCUT2D eigenvalue weighted by molar-refractivity contribution is -0.138. The monoisotopic (exact) mass is 372 g/mol. The van der Waals surface area contributed by atoms with Crippen LogP contribution in [0.3, 0.4) is 0 Å². The molecule has 0 bridgehead atoms. The molecule has 6 nitrogen and oxygen atoms in total. The van der Waals surface area contributed by atoms with Crippen LogP contribution in [0.1, 0.15) is 24.5 Å². The zero-order valence-electron chi connectivity index (χ0n) is 14.0. The lowest BCUT2D eigenvalue weighted by Gasteiger charge is -2.14. The van der Waals surface area contributed by atoms with Crippen molar-refractivity contribution >= 4 is 17.8 Å². The average molecular weight is 372 g/mol. The Hall–Kier alpha value is -2.84. The molecule has 0 fully saturated rings. The number of alkyl halides is 3. The number of carbonyl (C=O) groups excluding carboxylic acids is 3. The van der Waals surface area contributed by atoms with Gasteiger partial charge in [0.05, 0.1) is 18.6 Å². The molecule has 1 rings (SSSR count). The summed E-state index contributed by atoms with van der Waals surface area (Å²) in [6.45, 7) is 1.84. The molecule has 142 valence electrons. The van der Waals surface area contributed by atoms with E-state index in [1.54, 1.807) is 6.92 Å². The molecule has 1 atom stereocenters. The number of benzene rings is 1. The third-order valence-corrected chi connectivity index (χ3v) is 3.24. The van der Waals surface area contributed by atoms with Crippen LogP contribution in [0.15, 0.2) is 36.4 Å². The van der Waals surface area contributed by atoms with Crippen LogP contribution >= 0.6 is 0 Å². The Balaban J connectivity index is 2.62. The number of hydrogen-bond donors (Lipinski definition) is 2. The van der Waals surface area contributed by atoms with Gasteiger partial charge >= 0.3 is 12.1 Å². The number of nitrogens with two attached hydrogens (primary N) is 1. The molecular formula is C17H19F3N2O4. The number of hydrogen-bond acceptors (Lipinski definition) is 4. The highest BCUT2D eigenvalue weighted by molar-refractivity contribution is 5.88. The van der Waals surface area contributed by atoms with Crippen molar-refractivity contribution in [1.29, 1.82) is 0 Å². The fraction of sp³-hybridized carbons (Fsp3) is 0.353. The minimum Gasteiger partial charge on any atom is -0.463 e. The van der Waals surface area contributed by atoms with Crippen molar-refractivity contribution in [3.05, 3.63) is 47.5 Å². The highest BCUT2D eigenvalue weighted by atomic mass is 19.4. The lowest BCUT2D eigenvalue weighted by atomic mass is 10.1. The van der Waals surface area contributed by atoms with Crippen molar-refractivity contribution in [3.8, 4) is 0 Å². The topological polar surface area (TPSA) is 98.5 Å². The van der Waals surface area contributed by atoms with Crippen LogP contribution < -0.4 is 11.1 Å². The van der Waals surface area contributed by atoms with E-state index in [2.05, 4.69) is 10.1 Å². The Morgan fingerprint density at radius 3 is 2.35 bits per heavy atom. The van der Waals surface area contributed by atoms with Gasteiger partial charge in [-0.2, -0.15) is 13.2 Å². The van der Waals surface area contributed by atoms with Crippen LogP contribution in [0, 0.1) is 0 Å². The van der Waals surface area contributed by atoms with Gasteiger partial charge in [0, 0.05) is 6.08 Å². The van der Waals surface area contributed by atoms with Gasteiger partial charge in [0.2, 0.25) is 11.8 Å². The maximum Gasteiger partial charge on any atom is 0.416 e. The molecule has 0 aliphatic carbocycles. The predicted octanol–water partition coefficient (Wildman–Crippen LogP) is 1.73. The molecule has 1 aromatic rings. The summed E-state index contributed by atoms with van der Waals surface area (Å²) in [5, 5.41) is 2.38. The van der Waals surface area contributed by atoms with Gasteiger partial charge in [0.25, 0.3) is 0 Å². The molecule has 0 aliphatic rings. The third-order valence-electron chi connectivity index (χ3n) is 3.24. The van der Waals surface area contributed by atoms with E-state index in [4.69, 9.17) is 5.73 Å². The molecule has 9 heteroatoms. The zero-order chi connectivity index (χ0) is 19.7. The van der Waals surface area contributed by atoms with Crippen molar-refractivity contribution in [2.75, 3.05) is 6.61 Å². The SMILES string of the molecule is CCOC(=O)/C=C/C[C@H](NC(=O)Cc1ccc(C(F)(F)F)cc1)C(N)=O. The molecule has 26 heavy (non-hydrogen) atoms. The Bertz CT molecular complexity index is 670. The second kappa shape index (κ2) is 9.59. The summed E-state index contributed by atoms with van der Waals surface area (Å²) in [4.78, 5) is 34.5. The smallest absolute Gasteiger partial charge is 0.416 e. The van der Waals surface area contributed by atoms with Gasteiger partial charge in [-0.25, -0.2) is 4.79 Å². The first-order valence-corrected chi connectivity index (χ1v) is 7.71. The number of rotatable bonds is 8. The summed E-state index contributed by atoms with van der Waals surface area (Å²) >= 11 is 0. The molecule has 0 spiro atoms. The summed E-state index contributed by atoms with van der Waals surface area (Å²) in [6.07, 6.45) is -2.24. The predicted molar refractivity (Wildman–Crippen MR) is 86.7 cm³/mol. The van der Waals surface area contributed by atoms with Gasteiger partial charge in [-0.15, -0.1) is 0 Å². The molecule has 0 saturated carbocycles. The Labute approximate surface area is 148 Å². The van der Waals surface area contributed by atoms with Crippen molar-refractivity contribution in [2.24, 2.45) is 5.73 Å². The number of halogens is 3. The normalized spacial score (nSPS) is 12.6. The van der Waals surface area contributed by atoms with E-state index in [1.165, 1.54) is 18.2 Å². The number of primary amides is 1. The summed E-state index contributed by atoms with van der Waals surface area (Å²) in [5.41, 5.74) is 4.72. The summed E-state index contributed by atoms with van der Waals surface area (Å²) in [6, 6.07) is 3.06. The molecular weight excluding hydrogens is 353 g/mol. The Kier molecular flexibility index (Phi) is 7.82. The second-order valence-corrected chi connectivity index (χ2v) is 5.28. The minimum atomic E-state index is -4.46. The van der Waals surface area contributed by atoms with Crippen molar-refractivity contribution in [2.45, 2.75) is 32.0 Å². The summed E-state index contributed by atoms with van der Waals surface area (Å²) < 4.78 is 42.2. The molecule has 1 aromatic carbocycles. The Morgan fingerprint density at radius 1 is 1.23 bits per heavy atom.